The Morgan fingerprint density at radius 1 is 1.09 bits per heavy atom. The lowest BCUT2D eigenvalue weighted by molar-refractivity contribution is -0.128. The third kappa shape index (κ3) is 2.40. The number of fused-ring (bicyclic) bond motifs is 3. The maximum absolute atomic E-state index is 12.5. The number of anilines is 2. The van der Waals surface area contributed by atoms with E-state index in [4.69, 9.17) is 5.73 Å². The molecule has 118 valence electrons. The number of rotatable bonds is 2. The van der Waals surface area contributed by atoms with E-state index in [1.54, 1.807) is 0 Å². The Balaban J connectivity index is 1.81. The summed E-state index contributed by atoms with van der Waals surface area (Å²) in [6.45, 7) is 2.10. The van der Waals surface area contributed by atoms with Crippen molar-refractivity contribution in [2.75, 3.05) is 10.6 Å². The molecule has 2 saturated heterocycles. The smallest absolute Gasteiger partial charge is 0.140 e. The van der Waals surface area contributed by atoms with Crippen LogP contribution in [0.4, 0.5) is 11.4 Å². The van der Waals surface area contributed by atoms with Crippen LogP contribution in [-0.2, 0) is 4.79 Å². The molecule has 5 rings (SSSR count). The van der Waals surface area contributed by atoms with E-state index in [9.17, 15) is 4.79 Å². The SMILES string of the molecule is Cc1ccc(N2C3CCC(C(=O)C3)C2c2cccc(N)c2)cc1. The van der Waals surface area contributed by atoms with Crippen molar-refractivity contribution in [3.05, 3.63) is 59.7 Å². The third-order valence-electron chi connectivity index (χ3n) is 5.32. The highest BCUT2D eigenvalue weighted by Gasteiger charge is 2.47. The molecule has 3 heteroatoms. The van der Waals surface area contributed by atoms with E-state index in [0.717, 1.165) is 24.1 Å². The van der Waals surface area contributed by atoms with Gasteiger partial charge in [-0.05, 0) is 49.6 Å². The Kier molecular flexibility index (Phi) is 3.37. The minimum atomic E-state index is 0.0862. The van der Waals surface area contributed by atoms with Gasteiger partial charge in [0.1, 0.15) is 5.78 Å². The summed E-state index contributed by atoms with van der Waals surface area (Å²) in [5, 5.41) is 0. The van der Waals surface area contributed by atoms with Crippen LogP contribution in [0.2, 0.25) is 0 Å². The molecule has 1 aliphatic carbocycles. The van der Waals surface area contributed by atoms with Gasteiger partial charge in [0, 0.05) is 29.8 Å². The molecule has 0 radical (unpaired) electrons. The maximum atomic E-state index is 12.5. The molecular formula is C20H22N2O. The highest BCUT2D eigenvalue weighted by atomic mass is 16.1. The number of nitrogens with zero attached hydrogens (tertiary/aromatic N) is 1. The number of hydrogen-bond acceptors (Lipinski definition) is 3. The minimum Gasteiger partial charge on any atom is -0.399 e. The van der Waals surface area contributed by atoms with Gasteiger partial charge in [0.05, 0.1) is 6.04 Å². The number of hydrogen-bond donors (Lipinski definition) is 1. The van der Waals surface area contributed by atoms with Crippen molar-refractivity contribution >= 4 is 17.2 Å². The van der Waals surface area contributed by atoms with Crippen LogP contribution in [0.15, 0.2) is 48.5 Å². The molecule has 3 unspecified atom stereocenters. The van der Waals surface area contributed by atoms with E-state index in [2.05, 4.69) is 42.2 Å². The minimum absolute atomic E-state index is 0.0862. The number of ketones is 1. The van der Waals surface area contributed by atoms with Crippen LogP contribution in [0.25, 0.3) is 0 Å². The molecule has 3 nitrogen and oxygen atoms in total. The summed E-state index contributed by atoms with van der Waals surface area (Å²) in [5.41, 5.74) is 10.4. The highest BCUT2D eigenvalue weighted by molar-refractivity contribution is 5.86. The van der Waals surface area contributed by atoms with Gasteiger partial charge in [-0.25, -0.2) is 0 Å². The van der Waals surface area contributed by atoms with Gasteiger partial charge in [-0.1, -0.05) is 29.8 Å². The van der Waals surface area contributed by atoms with Crippen LogP contribution in [0, 0.1) is 12.8 Å². The first-order chi connectivity index (χ1) is 11.1. The van der Waals surface area contributed by atoms with Gasteiger partial charge in [0.2, 0.25) is 0 Å². The zero-order chi connectivity index (χ0) is 16.0. The molecule has 2 bridgehead atoms. The lowest BCUT2D eigenvalue weighted by atomic mass is 9.71. The van der Waals surface area contributed by atoms with Crippen LogP contribution < -0.4 is 10.6 Å². The first kappa shape index (κ1) is 14.3. The van der Waals surface area contributed by atoms with Gasteiger partial charge in [-0.3, -0.25) is 4.79 Å². The van der Waals surface area contributed by atoms with E-state index < -0.39 is 0 Å². The summed E-state index contributed by atoms with van der Waals surface area (Å²) in [6, 6.07) is 17.1. The van der Waals surface area contributed by atoms with Crippen molar-refractivity contribution in [1.29, 1.82) is 0 Å². The van der Waals surface area contributed by atoms with Gasteiger partial charge < -0.3 is 10.6 Å². The molecule has 3 fully saturated rings. The molecule has 23 heavy (non-hydrogen) atoms. The van der Waals surface area contributed by atoms with Gasteiger partial charge in [-0.2, -0.15) is 0 Å². The third-order valence-corrected chi connectivity index (χ3v) is 5.32. The number of nitrogen functional groups attached to an aromatic ring is 1. The normalized spacial score (nSPS) is 26.6. The van der Waals surface area contributed by atoms with E-state index in [1.807, 2.05) is 18.2 Å². The van der Waals surface area contributed by atoms with Gasteiger partial charge in [-0.15, -0.1) is 0 Å². The first-order valence-electron chi connectivity index (χ1n) is 8.36. The lowest BCUT2D eigenvalue weighted by Gasteiger charge is -2.52. The molecular weight excluding hydrogens is 284 g/mol. The molecule has 0 aromatic heterocycles. The predicted molar refractivity (Wildman–Crippen MR) is 93.4 cm³/mol. The van der Waals surface area contributed by atoms with Crippen molar-refractivity contribution < 1.29 is 4.79 Å². The largest absolute Gasteiger partial charge is 0.399 e. The van der Waals surface area contributed by atoms with E-state index >= 15 is 0 Å². The lowest BCUT2D eigenvalue weighted by Crippen LogP contribution is -2.54. The Morgan fingerprint density at radius 2 is 1.87 bits per heavy atom. The molecule has 0 amide bonds. The fourth-order valence-electron chi connectivity index (χ4n) is 4.24. The van der Waals surface area contributed by atoms with Crippen LogP contribution in [0.1, 0.15) is 36.4 Å². The quantitative estimate of drug-likeness (QED) is 0.857. The molecule has 2 aliphatic heterocycles. The second-order valence-corrected chi connectivity index (χ2v) is 6.87. The highest BCUT2D eigenvalue weighted by Crippen LogP contribution is 2.48. The van der Waals surface area contributed by atoms with Crippen LogP contribution >= 0.6 is 0 Å². The van der Waals surface area contributed by atoms with Crippen molar-refractivity contribution in [1.82, 2.24) is 0 Å². The Hall–Kier alpha value is -2.29. The number of carbonyl (C=O) groups is 1. The number of carbonyl (C=O) groups excluding carboxylic acids is 1. The predicted octanol–water partition coefficient (Wildman–Crippen LogP) is 3.88. The Bertz CT molecular complexity index is 738. The van der Waals surface area contributed by atoms with E-state index in [0.29, 0.717) is 18.2 Å². The van der Waals surface area contributed by atoms with Gasteiger partial charge in [0.25, 0.3) is 0 Å². The zero-order valence-electron chi connectivity index (χ0n) is 13.4. The van der Waals surface area contributed by atoms with Gasteiger partial charge >= 0.3 is 0 Å². The van der Waals surface area contributed by atoms with Crippen LogP contribution in [0.5, 0.6) is 0 Å². The molecule has 2 aromatic carbocycles. The standard InChI is InChI=1S/C20H22N2O/c1-13-5-7-16(8-6-13)22-17-9-10-18(19(23)12-17)20(22)14-3-2-4-15(21)11-14/h2-8,11,17-18,20H,9-10,12,21H2,1H3. The molecule has 3 aliphatic rings. The second-order valence-electron chi connectivity index (χ2n) is 6.87. The van der Waals surface area contributed by atoms with E-state index in [-0.39, 0.29) is 12.0 Å². The van der Waals surface area contributed by atoms with Crippen LogP contribution in [0.3, 0.4) is 0 Å². The topological polar surface area (TPSA) is 46.3 Å². The Morgan fingerprint density at radius 3 is 2.57 bits per heavy atom. The maximum Gasteiger partial charge on any atom is 0.140 e. The van der Waals surface area contributed by atoms with E-state index in [1.165, 1.54) is 11.3 Å². The molecule has 2 aromatic rings. The Labute approximate surface area is 137 Å². The molecule has 2 heterocycles. The number of aryl methyl sites for hydroxylation is 1. The fraction of sp³-hybridized carbons (Fsp3) is 0.350. The summed E-state index contributed by atoms with van der Waals surface area (Å²) in [7, 11) is 0. The molecule has 3 atom stereocenters. The summed E-state index contributed by atoms with van der Waals surface area (Å²) >= 11 is 0. The zero-order valence-corrected chi connectivity index (χ0v) is 13.4. The number of Topliss-reactive ketones (excluding diaryl/α,β-unsaturated/α-hetero) is 1. The van der Waals surface area contributed by atoms with Crippen molar-refractivity contribution in [3.63, 3.8) is 0 Å². The average molecular weight is 306 g/mol. The second kappa shape index (κ2) is 5.41. The van der Waals surface area contributed by atoms with Crippen molar-refractivity contribution in [2.24, 2.45) is 5.92 Å². The number of benzene rings is 2. The first-order valence-corrected chi connectivity index (χ1v) is 8.36. The average Bonchev–Trinajstić information content (AvgIpc) is 2.55. The summed E-state index contributed by atoms with van der Waals surface area (Å²) in [5.74, 6) is 0.500. The summed E-state index contributed by atoms with van der Waals surface area (Å²) in [4.78, 5) is 15.0. The van der Waals surface area contributed by atoms with Gasteiger partial charge in [0.15, 0.2) is 0 Å². The number of piperidine rings is 2. The van der Waals surface area contributed by atoms with Crippen LogP contribution in [-0.4, -0.2) is 11.8 Å². The van der Waals surface area contributed by atoms with Crippen molar-refractivity contribution in [2.45, 2.75) is 38.3 Å². The summed E-state index contributed by atoms with van der Waals surface area (Å²) in [6.07, 6.45) is 2.77. The number of nitrogens with two attached hydrogens (primary N) is 1. The molecule has 1 saturated carbocycles. The monoisotopic (exact) mass is 306 g/mol. The molecule has 0 spiro atoms. The molecule has 2 N–H and O–H groups in total. The fourth-order valence-corrected chi connectivity index (χ4v) is 4.24. The van der Waals surface area contributed by atoms with Crippen molar-refractivity contribution in [3.8, 4) is 0 Å². The summed E-state index contributed by atoms with van der Waals surface area (Å²) < 4.78 is 0.